The number of ether oxygens (including phenoxy) is 1. The molecule has 0 aliphatic carbocycles. The maximum Gasteiger partial charge on any atom is 0.264 e. The number of rotatable bonds is 7. The highest BCUT2D eigenvalue weighted by atomic mass is 32.1. The lowest BCUT2D eigenvalue weighted by molar-refractivity contribution is 0.0522. The van der Waals surface area contributed by atoms with Crippen molar-refractivity contribution in [3.05, 3.63) is 57.8 Å². The van der Waals surface area contributed by atoms with E-state index >= 15 is 0 Å². The van der Waals surface area contributed by atoms with Gasteiger partial charge in [-0.2, -0.15) is 0 Å². The third-order valence-corrected chi connectivity index (χ3v) is 6.02. The quantitative estimate of drug-likeness (QED) is 0.704. The van der Waals surface area contributed by atoms with Crippen molar-refractivity contribution in [2.75, 3.05) is 26.7 Å². The second-order valence-electron chi connectivity index (χ2n) is 7.13. The summed E-state index contributed by atoms with van der Waals surface area (Å²) < 4.78 is 5.12. The van der Waals surface area contributed by atoms with Gasteiger partial charge in [0, 0.05) is 38.3 Å². The summed E-state index contributed by atoms with van der Waals surface area (Å²) in [6.07, 6.45) is 2.58. The molecule has 2 aromatic rings. The number of piperidine rings is 1. The minimum absolute atomic E-state index is 0.0639. The molecule has 1 aliphatic rings. The van der Waals surface area contributed by atoms with Crippen molar-refractivity contribution in [2.45, 2.75) is 38.8 Å². The van der Waals surface area contributed by atoms with Crippen LogP contribution in [0, 0.1) is 0 Å². The molecule has 1 aromatic heterocycles. The molecule has 1 aromatic carbocycles. The van der Waals surface area contributed by atoms with Crippen LogP contribution in [0.3, 0.4) is 0 Å². The van der Waals surface area contributed by atoms with Crippen molar-refractivity contribution in [3.63, 3.8) is 0 Å². The summed E-state index contributed by atoms with van der Waals surface area (Å²) in [5, 5.41) is 1.94. The standard InChI is InChI=1S/C22H28N2O3S/c1-3-12-24(22(26)20-5-4-15-28-20)19-10-13-23(14-11-19)21(25)18-8-6-17(7-9-18)16-27-2/h4-9,15,19H,3,10-14,16H2,1-2H3. The molecule has 1 saturated heterocycles. The molecule has 0 spiro atoms. The third kappa shape index (κ3) is 4.80. The zero-order valence-corrected chi connectivity index (χ0v) is 17.4. The largest absolute Gasteiger partial charge is 0.380 e. The predicted octanol–water partition coefficient (Wildman–Crippen LogP) is 4.05. The van der Waals surface area contributed by atoms with Crippen molar-refractivity contribution >= 4 is 23.2 Å². The number of thiophene rings is 1. The third-order valence-electron chi connectivity index (χ3n) is 5.16. The molecule has 0 N–H and O–H groups in total. The van der Waals surface area contributed by atoms with Crippen LogP contribution in [0.1, 0.15) is 51.8 Å². The van der Waals surface area contributed by atoms with E-state index in [2.05, 4.69) is 6.92 Å². The van der Waals surface area contributed by atoms with E-state index in [9.17, 15) is 9.59 Å². The van der Waals surface area contributed by atoms with Crippen LogP contribution in [0.5, 0.6) is 0 Å². The molecule has 0 radical (unpaired) electrons. The van der Waals surface area contributed by atoms with Crippen LogP contribution in [0.15, 0.2) is 41.8 Å². The van der Waals surface area contributed by atoms with Gasteiger partial charge in [-0.15, -0.1) is 11.3 Å². The molecule has 2 amide bonds. The minimum atomic E-state index is 0.0639. The molecule has 0 atom stereocenters. The van der Waals surface area contributed by atoms with Gasteiger partial charge in [-0.3, -0.25) is 9.59 Å². The summed E-state index contributed by atoms with van der Waals surface area (Å²) in [5.74, 6) is 0.185. The van der Waals surface area contributed by atoms with Crippen LogP contribution in [0.25, 0.3) is 0 Å². The molecule has 0 unspecified atom stereocenters. The van der Waals surface area contributed by atoms with Crippen molar-refractivity contribution in [1.29, 1.82) is 0 Å². The predicted molar refractivity (Wildman–Crippen MR) is 112 cm³/mol. The average molecular weight is 401 g/mol. The summed E-state index contributed by atoms with van der Waals surface area (Å²) in [7, 11) is 1.66. The lowest BCUT2D eigenvalue weighted by Gasteiger charge is -2.38. The van der Waals surface area contributed by atoms with Gasteiger partial charge >= 0.3 is 0 Å². The molecule has 1 fully saturated rings. The Morgan fingerprint density at radius 2 is 1.89 bits per heavy atom. The molecule has 2 heterocycles. The summed E-state index contributed by atoms with van der Waals surface area (Å²) in [4.78, 5) is 30.4. The summed E-state index contributed by atoms with van der Waals surface area (Å²) in [6.45, 7) is 4.77. The normalized spacial score (nSPS) is 14.9. The first kappa shape index (κ1) is 20.6. The lowest BCUT2D eigenvalue weighted by atomic mass is 10.0. The molecule has 6 heteroatoms. The van der Waals surface area contributed by atoms with Crippen molar-refractivity contribution in [2.24, 2.45) is 0 Å². The number of likely N-dealkylation sites (tertiary alicyclic amines) is 1. The molecule has 150 valence electrons. The topological polar surface area (TPSA) is 49.9 Å². The first-order valence-corrected chi connectivity index (χ1v) is 10.7. The van der Waals surface area contributed by atoms with Gasteiger partial charge in [-0.25, -0.2) is 0 Å². The van der Waals surface area contributed by atoms with E-state index in [0.717, 1.165) is 36.2 Å². The maximum absolute atomic E-state index is 12.9. The number of carbonyl (C=O) groups is 2. The Balaban J connectivity index is 1.60. The molecule has 3 rings (SSSR count). The first-order chi connectivity index (χ1) is 13.6. The van der Waals surface area contributed by atoms with Crippen LogP contribution in [-0.4, -0.2) is 54.4 Å². The van der Waals surface area contributed by atoms with Gasteiger partial charge in [0.25, 0.3) is 11.8 Å². The van der Waals surface area contributed by atoms with E-state index in [1.54, 1.807) is 7.11 Å². The molecule has 1 aliphatic heterocycles. The summed E-state index contributed by atoms with van der Waals surface area (Å²) in [5.41, 5.74) is 1.76. The number of methoxy groups -OCH3 is 1. The number of hydrogen-bond donors (Lipinski definition) is 0. The average Bonchev–Trinajstić information content (AvgIpc) is 3.27. The Bertz CT molecular complexity index is 766. The van der Waals surface area contributed by atoms with E-state index in [0.29, 0.717) is 25.3 Å². The minimum Gasteiger partial charge on any atom is -0.380 e. The van der Waals surface area contributed by atoms with Crippen molar-refractivity contribution in [1.82, 2.24) is 9.80 Å². The van der Waals surface area contributed by atoms with Gasteiger partial charge < -0.3 is 14.5 Å². The number of nitrogens with zero attached hydrogens (tertiary/aromatic N) is 2. The number of amides is 2. The maximum atomic E-state index is 12.9. The molecular formula is C22H28N2O3S. The van der Waals surface area contributed by atoms with Crippen molar-refractivity contribution in [3.8, 4) is 0 Å². The second-order valence-corrected chi connectivity index (χ2v) is 8.08. The Hall–Kier alpha value is -2.18. The Kier molecular flexibility index (Phi) is 7.23. The SMILES string of the molecule is CCCN(C(=O)c1cccs1)C1CCN(C(=O)c2ccc(COC)cc2)CC1. The number of hydrogen-bond acceptors (Lipinski definition) is 4. The van der Waals surface area contributed by atoms with Gasteiger partial charge in [0.15, 0.2) is 0 Å². The zero-order chi connectivity index (χ0) is 19.9. The fraction of sp³-hybridized carbons (Fsp3) is 0.455. The number of benzene rings is 1. The highest BCUT2D eigenvalue weighted by Gasteiger charge is 2.30. The summed E-state index contributed by atoms with van der Waals surface area (Å²) in [6, 6.07) is 11.6. The van der Waals surface area contributed by atoms with E-state index < -0.39 is 0 Å². The highest BCUT2D eigenvalue weighted by molar-refractivity contribution is 7.12. The van der Waals surface area contributed by atoms with Crippen LogP contribution < -0.4 is 0 Å². The Labute approximate surface area is 170 Å². The fourth-order valence-electron chi connectivity index (χ4n) is 3.71. The van der Waals surface area contributed by atoms with E-state index in [4.69, 9.17) is 4.74 Å². The first-order valence-electron chi connectivity index (χ1n) is 9.85. The van der Waals surface area contributed by atoms with Gasteiger partial charge in [0.05, 0.1) is 11.5 Å². The van der Waals surface area contributed by atoms with Gasteiger partial charge in [-0.1, -0.05) is 25.1 Å². The van der Waals surface area contributed by atoms with Crippen molar-refractivity contribution < 1.29 is 14.3 Å². The van der Waals surface area contributed by atoms with E-state index in [1.165, 1.54) is 11.3 Å². The van der Waals surface area contributed by atoms with Gasteiger partial charge in [0.2, 0.25) is 0 Å². The lowest BCUT2D eigenvalue weighted by Crippen LogP contribution is -2.49. The zero-order valence-electron chi connectivity index (χ0n) is 16.6. The van der Waals surface area contributed by atoms with Crippen LogP contribution >= 0.6 is 11.3 Å². The Morgan fingerprint density at radius 3 is 2.46 bits per heavy atom. The molecule has 0 bridgehead atoms. The smallest absolute Gasteiger partial charge is 0.264 e. The van der Waals surface area contributed by atoms with Crippen LogP contribution in [-0.2, 0) is 11.3 Å². The Morgan fingerprint density at radius 1 is 1.18 bits per heavy atom. The van der Waals surface area contributed by atoms with Crippen LogP contribution in [0.4, 0.5) is 0 Å². The molecule has 28 heavy (non-hydrogen) atoms. The fourth-order valence-corrected chi connectivity index (χ4v) is 4.38. The van der Waals surface area contributed by atoms with Gasteiger partial charge in [-0.05, 0) is 48.4 Å². The molecule has 0 saturated carbocycles. The van der Waals surface area contributed by atoms with Gasteiger partial charge in [0.1, 0.15) is 0 Å². The monoisotopic (exact) mass is 400 g/mol. The summed E-state index contributed by atoms with van der Waals surface area (Å²) >= 11 is 1.49. The van der Waals surface area contributed by atoms with E-state index in [-0.39, 0.29) is 17.9 Å². The van der Waals surface area contributed by atoms with E-state index in [1.807, 2.05) is 51.6 Å². The second kappa shape index (κ2) is 9.85. The molecule has 5 nitrogen and oxygen atoms in total. The highest BCUT2D eigenvalue weighted by Crippen LogP contribution is 2.22. The number of carbonyl (C=O) groups excluding carboxylic acids is 2. The molecular weight excluding hydrogens is 372 g/mol. The van der Waals surface area contributed by atoms with Crippen LogP contribution in [0.2, 0.25) is 0 Å².